The van der Waals surface area contributed by atoms with Gasteiger partial charge >= 0.3 is 0 Å². The number of halogens is 1. The van der Waals surface area contributed by atoms with Crippen LogP contribution in [0.2, 0.25) is 0 Å². The lowest BCUT2D eigenvalue weighted by molar-refractivity contribution is 0.206. The highest BCUT2D eigenvalue weighted by Gasteiger charge is 2.45. The second-order valence-corrected chi connectivity index (χ2v) is 6.15. The fraction of sp³-hybridized carbons (Fsp3) is 0.500. The summed E-state index contributed by atoms with van der Waals surface area (Å²) in [5.41, 5.74) is 6.24. The van der Waals surface area contributed by atoms with Crippen LogP contribution in [0.1, 0.15) is 31.2 Å². The molecule has 0 saturated heterocycles. The first-order valence-corrected chi connectivity index (χ1v) is 7.44. The Hall–Kier alpha value is -1.03. The fourth-order valence-corrected chi connectivity index (χ4v) is 4.28. The van der Waals surface area contributed by atoms with Crippen LogP contribution in [0.4, 0.5) is 4.39 Å². The number of benzene rings is 1. The minimum Gasteiger partial charge on any atom is -0.379 e. The van der Waals surface area contributed by atoms with Gasteiger partial charge in [0.25, 0.3) is 0 Å². The number of fused-ring (bicyclic) bond motifs is 1. The number of rotatable bonds is 1. The third-order valence-electron chi connectivity index (χ3n) is 4.12. The summed E-state index contributed by atoms with van der Waals surface area (Å²) in [6.45, 7) is 0. The van der Waals surface area contributed by atoms with E-state index in [9.17, 15) is 4.39 Å². The lowest BCUT2D eigenvalue weighted by Gasteiger charge is -2.44. The topological polar surface area (TPSA) is 38.4 Å². The molecule has 1 heterocycles. The molecule has 2 N–H and O–H groups in total. The molecule has 2 atom stereocenters. The number of hydrogen-bond acceptors (Lipinski definition) is 3. The quantitative estimate of drug-likeness (QED) is 0.845. The van der Waals surface area contributed by atoms with E-state index in [2.05, 4.69) is 4.99 Å². The van der Waals surface area contributed by atoms with E-state index < -0.39 is 5.54 Å². The van der Waals surface area contributed by atoms with Crippen LogP contribution in [0.3, 0.4) is 0 Å². The van der Waals surface area contributed by atoms with Crippen LogP contribution in [0.25, 0.3) is 0 Å². The number of aliphatic imine (C=N–C) groups is 1. The standard InChI is InChI=1S/C14H17FN2S/c15-12-7-2-1-6-11(12)14-8-4-3-5-10(14)9-18-13(16)17-14/h1-2,6-7,10H,3-5,8-9H2,(H2,16,17)/t10-,14?/m0/s1. The van der Waals surface area contributed by atoms with E-state index in [1.807, 2.05) is 12.1 Å². The van der Waals surface area contributed by atoms with Gasteiger partial charge in [-0.05, 0) is 24.8 Å². The molecule has 0 bridgehead atoms. The zero-order valence-electron chi connectivity index (χ0n) is 10.2. The van der Waals surface area contributed by atoms with Gasteiger partial charge < -0.3 is 5.73 Å². The smallest absolute Gasteiger partial charge is 0.154 e. The fourth-order valence-electron chi connectivity index (χ4n) is 3.24. The Kier molecular flexibility index (Phi) is 3.06. The highest BCUT2D eigenvalue weighted by Crippen LogP contribution is 2.49. The second kappa shape index (κ2) is 4.57. The second-order valence-electron chi connectivity index (χ2n) is 5.11. The van der Waals surface area contributed by atoms with Crippen molar-refractivity contribution >= 4 is 16.9 Å². The minimum atomic E-state index is -0.404. The summed E-state index contributed by atoms with van der Waals surface area (Å²) in [4.78, 5) is 4.68. The molecule has 0 radical (unpaired) electrons. The first-order valence-electron chi connectivity index (χ1n) is 6.45. The summed E-state index contributed by atoms with van der Waals surface area (Å²) in [7, 11) is 0. The molecule has 18 heavy (non-hydrogen) atoms. The molecule has 96 valence electrons. The third kappa shape index (κ3) is 1.83. The van der Waals surface area contributed by atoms with Gasteiger partial charge in [-0.3, -0.25) is 4.99 Å². The summed E-state index contributed by atoms with van der Waals surface area (Å²) in [6.07, 6.45) is 4.36. The van der Waals surface area contributed by atoms with Gasteiger partial charge in [-0.15, -0.1) is 0 Å². The van der Waals surface area contributed by atoms with Crippen molar-refractivity contribution in [1.29, 1.82) is 0 Å². The Balaban J connectivity index is 2.13. The molecule has 2 aliphatic rings. The molecule has 3 rings (SSSR count). The van der Waals surface area contributed by atoms with Crippen molar-refractivity contribution in [3.63, 3.8) is 0 Å². The average Bonchev–Trinajstić information content (AvgIpc) is 2.38. The van der Waals surface area contributed by atoms with Gasteiger partial charge in [0.1, 0.15) is 5.82 Å². The Morgan fingerprint density at radius 2 is 2.17 bits per heavy atom. The van der Waals surface area contributed by atoms with Crippen molar-refractivity contribution in [1.82, 2.24) is 0 Å². The van der Waals surface area contributed by atoms with Crippen LogP contribution in [0.15, 0.2) is 29.3 Å². The Morgan fingerprint density at radius 3 is 3.00 bits per heavy atom. The molecule has 1 aromatic carbocycles. The summed E-state index contributed by atoms with van der Waals surface area (Å²) >= 11 is 1.61. The Bertz CT molecular complexity index is 488. The van der Waals surface area contributed by atoms with Crippen molar-refractivity contribution < 1.29 is 4.39 Å². The van der Waals surface area contributed by atoms with Gasteiger partial charge in [-0.1, -0.05) is 42.8 Å². The highest BCUT2D eigenvalue weighted by atomic mass is 32.2. The maximum Gasteiger partial charge on any atom is 0.154 e. The largest absolute Gasteiger partial charge is 0.379 e. The van der Waals surface area contributed by atoms with E-state index in [0.29, 0.717) is 11.1 Å². The molecule has 1 aliphatic carbocycles. The highest BCUT2D eigenvalue weighted by molar-refractivity contribution is 8.13. The molecule has 1 aromatic rings. The van der Waals surface area contributed by atoms with Crippen molar-refractivity contribution in [2.24, 2.45) is 16.6 Å². The number of thioether (sulfide) groups is 1. The van der Waals surface area contributed by atoms with Crippen molar-refractivity contribution in [2.75, 3.05) is 5.75 Å². The van der Waals surface area contributed by atoms with Crippen LogP contribution >= 0.6 is 11.8 Å². The molecule has 1 saturated carbocycles. The molecule has 2 nitrogen and oxygen atoms in total. The minimum absolute atomic E-state index is 0.146. The number of amidine groups is 1. The van der Waals surface area contributed by atoms with Gasteiger partial charge in [-0.2, -0.15) is 0 Å². The predicted octanol–water partition coefficient (Wildman–Crippen LogP) is 3.27. The van der Waals surface area contributed by atoms with E-state index in [1.165, 1.54) is 12.5 Å². The average molecular weight is 264 g/mol. The van der Waals surface area contributed by atoms with Crippen LogP contribution < -0.4 is 5.73 Å². The van der Waals surface area contributed by atoms with E-state index in [0.717, 1.165) is 30.6 Å². The van der Waals surface area contributed by atoms with Crippen molar-refractivity contribution in [2.45, 2.75) is 31.2 Å². The zero-order chi connectivity index (χ0) is 12.6. The molecule has 0 amide bonds. The zero-order valence-corrected chi connectivity index (χ0v) is 11.0. The summed E-state index contributed by atoms with van der Waals surface area (Å²) in [5.74, 6) is 1.23. The molecule has 0 spiro atoms. The SMILES string of the molecule is NC1=NC2(c3ccccc3F)CCCC[C@H]2CS1. The number of nitrogens with two attached hydrogens (primary N) is 1. The van der Waals surface area contributed by atoms with Crippen LogP contribution in [0, 0.1) is 11.7 Å². The summed E-state index contributed by atoms with van der Waals surface area (Å²) in [5, 5.41) is 0.608. The van der Waals surface area contributed by atoms with E-state index in [1.54, 1.807) is 17.8 Å². The lowest BCUT2D eigenvalue weighted by atomic mass is 9.69. The maximum atomic E-state index is 14.1. The molecule has 4 heteroatoms. The van der Waals surface area contributed by atoms with E-state index in [4.69, 9.17) is 5.73 Å². The van der Waals surface area contributed by atoms with E-state index in [-0.39, 0.29) is 5.82 Å². The summed E-state index contributed by atoms with van der Waals surface area (Å²) in [6, 6.07) is 7.04. The van der Waals surface area contributed by atoms with Gasteiger partial charge in [0.2, 0.25) is 0 Å². The molecular weight excluding hydrogens is 247 g/mol. The molecule has 1 aliphatic heterocycles. The molecule has 1 fully saturated rings. The normalized spacial score (nSPS) is 31.6. The maximum absolute atomic E-state index is 14.1. The van der Waals surface area contributed by atoms with Gasteiger partial charge in [0, 0.05) is 11.3 Å². The van der Waals surface area contributed by atoms with Crippen LogP contribution in [-0.2, 0) is 5.54 Å². The first-order chi connectivity index (χ1) is 8.72. The summed E-state index contributed by atoms with van der Waals surface area (Å²) < 4.78 is 14.1. The van der Waals surface area contributed by atoms with Crippen LogP contribution in [-0.4, -0.2) is 10.9 Å². The number of nitrogens with zero attached hydrogens (tertiary/aromatic N) is 1. The van der Waals surface area contributed by atoms with Gasteiger partial charge in [0.15, 0.2) is 5.17 Å². The Labute approximate surface area is 111 Å². The molecule has 1 unspecified atom stereocenters. The predicted molar refractivity (Wildman–Crippen MR) is 74.1 cm³/mol. The van der Waals surface area contributed by atoms with Crippen molar-refractivity contribution in [3.05, 3.63) is 35.6 Å². The molecular formula is C14H17FN2S. The van der Waals surface area contributed by atoms with E-state index >= 15 is 0 Å². The third-order valence-corrected chi connectivity index (χ3v) is 5.07. The first kappa shape index (κ1) is 12.0. The van der Waals surface area contributed by atoms with Crippen molar-refractivity contribution in [3.8, 4) is 0 Å². The molecule has 0 aromatic heterocycles. The number of hydrogen-bond donors (Lipinski definition) is 1. The van der Waals surface area contributed by atoms with Gasteiger partial charge in [0.05, 0.1) is 5.54 Å². The lowest BCUT2D eigenvalue weighted by Crippen LogP contribution is -2.43. The van der Waals surface area contributed by atoms with Crippen LogP contribution in [0.5, 0.6) is 0 Å². The monoisotopic (exact) mass is 264 g/mol. The van der Waals surface area contributed by atoms with Gasteiger partial charge in [-0.25, -0.2) is 4.39 Å². The Morgan fingerprint density at radius 1 is 1.33 bits per heavy atom.